The number of furan rings is 1. The van der Waals surface area contributed by atoms with Gasteiger partial charge >= 0.3 is 0 Å². The van der Waals surface area contributed by atoms with Crippen LogP contribution in [0.25, 0.3) is 28.1 Å². The fourth-order valence-electron chi connectivity index (χ4n) is 4.83. The van der Waals surface area contributed by atoms with Crippen LogP contribution >= 0.6 is 0 Å². The number of fused-ring (bicyclic) bond motifs is 3. The van der Waals surface area contributed by atoms with Crippen molar-refractivity contribution in [3.8, 4) is 17.2 Å². The number of aliphatic hydroxyl groups excluding tert-OH is 2. The summed E-state index contributed by atoms with van der Waals surface area (Å²) >= 11 is 0. The third-order valence-electron chi connectivity index (χ3n) is 6.99. The van der Waals surface area contributed by atoms with E-state index in [9.17, 15) is 13.9 Å². The Morgan fingerprint density at radius 3 is 2.67 bits per heavy atom. The lowest BCUT2D eigenvalue weighted by Gasteiger charge is -2.36. The highest BCUT2D eigenvalue weighted by molar-refractivity contribution is 5.90. The first kappa shape index (κ1) is 26.0. The van der Waals surface area contributed by atoms with Crippen molar-refractivity contribution in [3.05, 3.63) is 54.6 Å². The van der Waals surface area contributed by atoms with Crippen molar-refractivity contribution in [2.45, 2.75) is 12.6 Å². The van der Waals surface area contributed by atoms with Gasteiger partial charge in [-0.25, -0.2) is 13.8 Å². The molecule has 210 valence electrons. The largest absolute Gasteiger partial charge is 0.488 e. The van der Waals surface area contributed by atoms with Gasteiger partial charge in [0.25, 0.3) is 0 Å². The highest BCUT2D eigenvalue weighted by atomic mass is 19.1. The molecular weight excluding hydrogens is 526 g/mol. The zero-order chi connectivity index (χ0) is 27.8. The van der Waals surface area contributed by atoms with Crippen LogP contribution in [0.3, 0.4) is 0 Å². The van der Waals surface area contributed by atoms with Crippen molar-refractivity contribution >= 4 is 28.3 Å². The molecule has 0 amide bonds. The molecule has 14 heteroatoms. The maximum absolute atomic E-state index is 14.6. The lowest BCUT2D eigenvalue weighted by Crippen LogP contribution is -2.47. The molecule has 1 atom stereocenters. The van der Waals surface area contributed by atoms with Crippen molar-refractivity contribution in [1.29, 1.82) is 0 Å². The molecule has 6 rings (SSSR count). The summed E-state index contributed by atoms with van der Waals surface area (Å²) in [5.41, 5.74) is 9.15. The average Bonchev–Trinajstić information content (AvgIpc) is 3.72. The summed E-state index contributed by atoms with van der Waals surface area (Å²) in [7, 11) is 0. The molecule has 5 heterocycles. The topological polar surface area (TPSA) is 143 Å². The zero-order valence-corrected chi connectivity index (χ0v) is 21.5. The molecule has 5 aromatic rings. The number of nitrogens with two attached hydrogens (primary N) is 1. The van der Waals surface area contributed by atoms with E-state index in [4.69, 9.17) is 20.0 Å². The van der Waals surface area contributed by atoms with E-state index in [1.165, 1.54) is 6.07 Å². The first-order valence-electron chi connectivity index (χ1n) is 12.8. The van der Waals surface area contributed by atoms with Gasteiger partial charge in [-0.05, 0) is 18.2 Å². The Hall–Kier alpha value is -4.27. The smallest absolute Gasteiger partial charge is 0.223 e. The van der Waals surface area contributed by atoms with Gasteiger partial charge in [0.2, 0.25) is 5.95 Å². The van der Waals surface area contributed by atoms with Gasteiger partial charge in [-0.3, -0.25) is 4.90 Å². The molecule has 1 fully saturated rings. The highest BCUT2D eigenvalue weighted by Crippen LogP contribution is 2.30. The summed E-state index contributed by atoms with van der Waals surface area (Å²) in [5, 5.41) is 22.9. The number of ether oxygens (including phenoxy) is 1. The molecule has 0 bridgehead atoms. The molecule has 0 saturated carbocycles. The number of aliphatic hydroxyl groups is 2. The summed E-state index contributed by atoms with van der Waals surface area (Å²) in [5.74, 6) is -0.854. The number of anilines is 2. The SMILES string of the molecule is Nc1nc2c(ncn2CCN2CCN(c3cc(OCC(O)CO)c(F)cc3F)CC2)c2cc(-c3ccco3)nn12. The molecule has 40 heavy (non-hydrogen) atoms. The minimum absolute atomic E-state index is 0.173. The minimum atomic E-state index is -1.15. The van der Waals surface area contributed by atoms with Crippen LogP contribution in [0.2, 0.25) is 0 Å². The molecule has 0 spiro atoms. The molecule has 1 aliphatic rings. The molecule has 0 aliphatic carbocycles. The van der Waals surface area contributed by atoms with Gasteiger partial charge in [0.1, 0.15) is 35.3 Å². The van der Waals surface area contributed by atoms with Crippen LogP contribution in [0.4, 0.5) is 20.4 Å². The number of nitrogens with zero attached hydrogens (tertiary/aromatic N) is 7. The van der Waals surface area contributed by atoms with Crippen LogP contribution in [0.1, 0.15) is 0 Å². The molecule has 4 N–H and O–H groups in total. The molecule has 1 aliphatic heterocycles. The predicted molar refractivity (Wildman–Crippen MR) is 142 cm³/mol. The second-order valence-corrected chi connectivity index (χ2v) is 9.59. The second kappa shape index (κ2) is 10.7. The number of rotatable bonds is 9. The van der Waals surface area contributed by atoms with Gasteiger partial charge < -0.3 is 34.6 Å². The average molecular weight is 555 g/mol. The molecule has 1 aromatic carbocycles. The van der Waals surface area contributed by atoms with Crippen LogP contribution in [-0.2, 0) is 6.54 Å². The Kier molecular flexibility index (Phi) is 6.96. The molecular formula is C26H28F2N8O4. The van der Waals surface area contributed by atoms with Gasteiger partial charge in [-0.2, -0.15) is 14.6 Å². The summed E-state index contributed by atoms with van der Waals surface area (Å²) in [6, 6.07) is 7.56. The van der Waals surface area contributed by atoms with Crippen LogP contribution in [0.15, 0.2) is 47.3 Å². The standard InChI is InChI=1S/C26H28F2N8O4/c27-17-10-18(28)23(40-14-16(38)13-37)12-20(17)34-6-3-33(4-7-34)5-8-35-15-30-24-21-11-19(22-2-1-9-39-22)32-36(21)26(29)31-25(24)35/h1-2,9-12,15-16,37-38H,3-8,13-14H2,(H2,29,31). The zero-order valence-electron chi connectivity index (χ0n) is 21.5. The van der Waals surface area contributed by atoms with Gasteiger partial charge in [-0.1, -0.05) is 0 Å². The normalized spacial score (nSPS) is 15.3. The fourth-order valence-corrected chi connectivity index (χ4v) is 4.83. The third kappa shape index (κ3) is 4.92. The molecule has 1 saturated heterocycles. The maximum atomic E-state index is 14.6. The number of imidazole rings is 1. The summed E-state index contributed by atoms with van der Waals surface area (Å²) in [6.07, 6.45) is 2.16. The van der Waals surface area contributed by atoms with Crippen LogP contribution in [-0.4, -0.2) is 91.3 Å². The van der Waals surface area contributed by atoms with Crippen molar-refractivity contribution in [3.63, 3.8) is 0 Å². The summed E-state index contributed by atoms with van der Waals surface area (Å²) < 4.78 is 43.0. The van der Waals surface area contributed by atoms with E-state index in [2.05, 4.69) is 20.0 Å². The lowest BCUT2D eigenvalue weighted by atomic mass is 10.2. The summed E-state index contributed by atoms with van der Waals surface area (Å²) in [6.45, 7) is 2.91. The summed E-state index contributed by atoms with van der Waals surface area (Å²) in [4.78, 5) is 13.2. The molecule has 0 radical (unpaired) electrons. The van der Waals surface area contributed by atoms with Crippen LogP contribution < -0.4 is 15.4 Å². The fraction of sp³-hybridized carbons (Fsp3) is 0.346. The number of benzene rings is 1. The molecule has 1 unspecified atom stereocenters. The first-order valence-corrected chi connectivity index (χ1v) is 12.8. The molecule has 4 aromatic heterocycles. The minimum Gasteiger partial charge on any atom is -0.488 e. The van der Waals surface area contributed by atoms with Gasteiger partial charge in [-0.15, -0.1) is 0 Å². The van der Waals surface area contributed by atoms with Crippen molar-refractivity contribution in [1.82, 2.24) is 29.0 Å². The predicted octanol–water partition coefficient (Wildman–Crippen LogP) is 1.75. The Morgan fingerprint density at radius 2 is 1.93 bits per heavy atom. The Bertz CT molecular complexity index is 1630. The third-order valence-corrected chi connectivity index (χ3v) is 6.99. The number of hydrogen-bond acceptors (Lipinski definition) is 10. The van der Waals surface area contributed by atoms with Gasteiger partial charge in [0.05, 0.1) is 24.9 Å². The number of piperazine rings is 1. The first-order chi connectivity index (χ1) is 19.4. The number of hydrogen-bond donors (Lipinski definition) is 3. The Labute approximate surface area is 226 Å². The Balaban J connectivity index is 1.11. The maximum Gasteiger partial charge on any atom is 0.223 e. The van der Waals surface area contributed by atoms with Gasteiger partial charge in [0.15, 0.2) is 23.0 Å². The van der Waals surface area contributed by atoms with E-state index in [1.807, 2.05) is 21.6 Å². The highest BCUT2D eigenvalue weighted by Gasteiger charge is 2.23. The molecule has 12 nitrogen and oxygen atoms in total. The quantitative estimate of drug-likeness (QED) is 0.247. The van der Waals surface area contributed by atoms with Gasteiger partial charge in [0, 0.05) is 51.4 Å². The van der Waals surface area contributed by atoms with Crippen molar-refractivity contribution in [2.75, 3.05) is 56.6 Å². The van der Waals surface area contributed by atoms with Crippen molar-refractivity contribution < 1.29 is 28.1 Å². The number of nitrogen functional groups attached to an aromatic ring is 1. The Morgan fingerprint density at radius 1 is 1.10 bits per heavy atom. The van der Waals surface area contributed by atoms with E-state index in [-0.39, 0.29) is 24.0 Å². The van der Waals surface area contributed by atoms with E-state index in [0.717, 1.165) is 11.6 Å². The number of halogens is 2. The van der Waals surface area contributed by atoms with Crippen LogP contribution in [0.5, 0.6) is 5.75 Å². The van der Waals surface area contributed by atoms with E-state index in [1.54, 1.807) is 23.2 Å². The second-order valence-electron chi connectivity index (χ2n) is 9.59. The van der Waals surface area contributed by atoms with E-state index >= 15 is 0 Å². The lowest BCUT2D eigenvalue weighted by molar-refractivity contribution is 0.0523. The van der Waals surface area contributed by atoms with Crippen molar-refractivity contribution in [2.24, 2.45) is 0 Å². The van der Waals surface area contributed by atoms with E-state index < -0.39 is 24.3 Å². The van der Waals surface area contributed by atoms with Crippen LogP contribution in [0, 0.1) is 11.6 Å². The van der Waals surface area contributed by atoms with E-state index in [0.29, 0.717) is 61.9 Å². The number of aromatic nitrogens is 5. The monoisotopic (exact) mass is 554 g/mol.